The molecule has 6 heteroatoms. The van der Waals surface area contributed by atoms with Gasteiger partial charge in [0.1, 0.15) is 24.7 Å². The maximum absolute atomic E-state index is 12.8. The minimum atomic E-state index is 0.0109. The first-order valence-corrected chi connectivity index (χ1v) is 8.74. The Morgan fingerprint density at radius 2 is 2.00 bits per heavy atom. The van der Waals surface area contributed by atoms with Gasteiger partial charge in [-0.25, -0.2) is 0 Å². The summed E-state index contributed by atoms with van der Waals surface area (Å²) in [6.07, 6.45) is 0.244. The van der Waals surface area contributed by atoms with Crippen molar-refractivity contribution < 1.29 is 18.7 Å². The van der Waals surface area contributed by atoms with E-state index in [1.54, 1.807) is 11.0 Å². The van der Waals surface area contributed by atoms with Crippen LogP contribution in [0.5, 0.6) is 11.5 Å². The van der Waals surface area contributed by atoms with Crippen LogP contribution in [0.1, 0.15) is 30.9 Å². The lowest BCUT2D eigenvalue weighted by Gasteiger charge is -2.26. The van der Waals surface area contributed by atoms with Crippen LogP contribution in [-0.2, 0) is 17.8 Å². The number of amides is 1. The average molecular weight is 364 g/mol. The van der Waals surface area contributed by atoms with Gasteiger partial charge in [0.15, 0.2) is 11.5 Å². The summed E-state index contributed by atoms with van der Waals surface area (Å²) in [6, 6.07) is 7.46. The second-order valence-electron chi connectivity index (χ2n) is 6.41. The predicted octanol–water partition coefficient (Wildman–Crippen LogP) is 3.99. The van der Waals surface area contributed by atoms with Gasteiger partial charge in [0.2, 0.25) is 5.91 Å². The lowest BCUT2D eigenvalue weighted by molar-refractivity contribution is -0.133. The Bertz CT molecular complexity index is 769. The van der Waals surface area contributed by atoms with Gasteiger partial charge in [-0.2, -0.15) is 0 Å². The fraction of sp³-hybridized carbons (Fsp3) is 0.421. The van der Waals surface area contributed by atoms with Crippen molar-refractivity contribution in [2.24, 2.45) is 0 Å². The van der Waals surface area contributed by atoms with Crippen LogP contribution in [0.3, 0.4) is 0 Å². The molecule has 1 aromatic heterocycles. The molecule has 134 valence electrons. The molecular formula is C19H22ClNO4. The Kier molecular flexibility index (Phi) is 5.23. The van der Waals surface area contributed by atoms with E-state index in [0.29, 0.717) is 36.3 Å². The van der Waals surface area contributed by atoms with Crippen molar-refractivity contribution in [3.63, 3.8) is 0 Å². The van der Waals surface area contributed by atoms with E-state index >= 15 is 0 Å². The van der Waals surface area contributed by atoms with Crippen LogP contribution < -0.4 is 9.47 Å². The van der Waals surface area contributed by atoms with Gasteiger partial charge in [-0.15, -0.1) is 0 Å². The maximum atomic E-state index is 12.8. The van der Waals surface area contributed by atoms with Gasteiger partial charge in [-0.05, 0) is 50.6 Å². The summed E-state index contributed by atoms with van der Waals surface area (Å²) >= 11 is 6.26. The number of nitrogens with zero attached hydrogens (tertiary/aromatic N) is 1. The zero-order valence-electron chi connectivity index (χ0n) is 14.7. The monoisotopic (exact) mass is 363 g/mol. The molecule has 0 aliphatic carbocycles. The average Bonchev–Trinajstić information content (AvgIpc) is 2.97. The highest BCUT2D eigenvalue weighted by atomic mass is 35.5. The van der Waals surface area contributed by atoms with Crippen LogP contribution in [0.15, 0.2) is 28.7 Å². The molecule has 25 heavy (non-hydrogen) atoms. The van der Waals surface area contributed by atoms with E-state index in [0.717, 1.165) is 17.1 Å². The number of furan rings is 1. The number of rotatable bonds is 5. The van der Waals surface area contributed by atoms with E-state index < -0.39 is 0 Å². The zero-order chi connectivity index (χ0) is 18.0. The molecule has 0 bridgehead atoms. The number of halogens is 1. The largest absolute Gasteiger partial charge is 0.486 e. The van der Waals surface area contributed by atoms with Crippen molar-refractivity contribution in [2.45, 2.75) is 39.8 Å². The Morgan fingerprint density at radius 1 is 1.24 bits per heavy atom. The van der Waals surface area contributed by atoms with Crippen molar-refractivity contribution in [1.82, 2.24) is 4.90 Å². The van der Waals surface area contributed by atoms with E-state index in [2.05, 4.69) is 0 Å². The number of carbonyl (C=O) groups is 1. The van der Waals surface area contributed by atoms with Crippen LogP contribution in [0.2, 0.25) is 5.02 Å². The maximum Gasteiger partial charge on any atom is 0.227 e. The molecule has 0 unspecified atom stereocenters. The normalized spacial score (nSPS) is 13.2. The molecule has 1 aliphatic rings. The highest BCUT2D eigenvalue weighted by molar-refractivity contribution is 6.32. The van der Waals surface area contributed by atoms with Gasteiger partial charge in [0, 0.05) is 6.04 Å². The first-order chi connectivity index (χ1) is 11.9. The summed E-state index contributed by atoms with van der Waals surface area (Å²) in [4.78, 5) is 14.6. The number of carbonyl (C=O) groups excluding carboxylic acids is 1. The van der Waals surface area contributed by atoms with Crippen molar-refractivity contribution in [3.8, 4) is 11.5 Å². The van der Waals surface area contributed by atoms with Crippen LogP contribution in [0.25, 0.3) is 0 Å². The van der Waals surface area contributed by atoms with E-state index in [1.807, 2.05) is 39.0 Å². The highest BCUT2D eigenvalue weighted by Gasteiger charge is 2.22. The standard InChI is InChI=1S/C19H22ClNO4/c1-12(2)21(11-15-5-4-13(3)25-15)18(22)10-14-8-16(20)19-17(9-14)23-6-7-24-19/h4-5,8-9,12H,6-7,10-11H2,1-3H3. The van der Waals surface area contributed by atoms with Crippen molar-refractivity contribution in [3.05, 3.63) is 46.4 Å². The lowest BCUT2D eigenvalue weighted by Crippen LogP contribution is -2.37. The molecule has 0 atom stereocenters. The summed E-state index contributed by atoms with van der Waals surface area (Å²) in [5.41, 5.74) is 0.806. The highest BCUT2D eigenvalue weighted by Crippen LogP contribution is 2.38. The van der Waals surface area contributed by atoms with Crippen LogP contribution >= 0.6 is 11.6 Å². The summed E-state index contributed by atoms with van der Waals surface area (Å²) < 4.78 is 16.7. The molecule has 0 N–H and O–H groups in total. The van der Waals surface area contributed by atoms with Gasteiger partial charge < -0.3 is 18.8 Å². The molecule has 2 aromatic rings. The molecule has 5 nitrogen and oxygen atoms in total. The lowest BCUT2D eigenvalue weighted by atomic mass is 10.1. The number of fused-ring (bicyclic) bond motifs is 1. The molecule has 0 radical (unpaired) electrons. The fourth-order valence-electron chi connectivity index (χ4n) is 2.84. The van der Waals surface area contributed by atoms with Crippen molar-refractivity contribution in [1.29, 1.82) is 0 Å². The summed E-state index contributed by atoms with van der Waals surface area (Å²) in [5.74, 6) is 2.77. The third-order valence-electron chi connectivity index (χ3n) is 4.08. The molecule has 3 rings (SSSR count). The molecular weight excluding hydrogens is 342 g/mol. The minimum absolute atomic E-state index is 0.0109. The smallest absolute Gasteiger partial charge is 0.227 e. The van der Waals surface area contributed by atoms with Crippen molar-refractivity contribution in [2.75, 3.05) is 13.2 Å². The number of hydrogen-bond donors (Lipinski definition) is 0. The predicted molar refractivity (Wildman–Crippen MR) is 95.3 cm³/mol. The zero-order valence-corrected chi connectivity index (χ0v) is 15.4. The van der Waals surface area contributed by atoms with Gasteiger partial charge in [0.05, 0.1) is 18.0 Å². The molecule has 0 fully saturated rings. The van der Waals surface area contributed by atoms with E-state index in [9.17, 15) is 4.79 Å². The number of benzene rings is 1. The van der Waals surface area contributed by atoms with Gasteiger partial charge in [-0.1, -0.05) is 11.6 Å². The molecule has 1 amide bonds. The summed E-state index contributed by atoms with van der Waals surface area (Å²) in [6.45, 7) is 7.28. The molecule has 0 spiro atoms. The van der Waals surface area contributed by atoms with E-state index in [1.165, 1.54) is 0 Å². The first kappa shape index (κ1) is 17.7. The molecule has 0 saturated carbocycles. The van der Waals surface area contributed by atoms with Crippen LogP contribution in [0.4, 0.5) is 0 Å². The van der Waals surface area contributed by atoms with Crippen LogP contribution in [0, 0.1) is 6.92 Å². The molecule has 1 aliphatic heterocycles. The van der Waals surface area contributed by atoms with Gasteiger partial charge in [-0.3, -0.25) is 4.79 Å². The number of hydrogen-bond acceptors (Lipinski definition) is 4. The first-order valence-electron chi connectivity index (χ1n) is 8.37. The summed E-state index contributed by atoms with van der Waals surface area (Å²) in [5, 5.41) is 0.470. The van der Waals surface area contributed by atoms with E-state index in [-0.39, 0.29) is 18.4 Å². The molecule has 1 aromatic carbocycles. The Hall–Kier alpha value is -2.14. The SMILES string of the molecule is Cc1ccc(CN(C(=O)Cc2cc(Cl)c3c(c2)OCCO3)C(C)C)o1. The van der Waals surface area contributed by atoms with Crippen molar-refractivity contribution >= 4 is 17.5 Å². The second-order valence-corrected chi connectivity index (χ2v) is 6.81. The summed E-state index contributed by atoms with van der Waals surface area (Å²) in [7, 11) is 0. The third kappa shape index (κ3) is 4.10. The van der Waals surface area contributed by atoms with E-state index in [4.69, 9.17) is 25.5 Å². The topological polar surface area (TPSA) is 51.9 Å². The fourth-order valence-corrected chi connectivity index (χ4v) is 3.13. The molecule has 2 heterocycles. The Morgan fingerprint density at radius 3 is 2.68 bits per heavy atom. The quantitative estimate of drug-likeness (QED) is 0.805. The number of ether oxygens (including phenoxy) is 2. The Labute approximate surface area is 152 Å². The third-order valence-corrected chi connectivity index (χ3v) is 4.36. The van der Waals surface area contributed by atoms with Gasteiger partial charge >= 0.3 is 0 Å². The minimum Gasteiger partial charge on any atom is -0.486 e. The second kappa shape index (κ2) is 7.40. The number of aryl methyl sites for hydroxylation is 1. The molecule has 0 saturated heterocycles. The Balaban J connectivity index is 1.76. The van der Waals surface area contributed by atoms with Gasteiger partial charge in [0.25, 0.3) is 0 Å². The van der Waals surface area contributed by atoms with Crippen LogP contribution in [-0.4, -0.2) is 30.1 Å².